The minimum Gasteiger partial charge on any atom is -0.430 e. The van der Waals surface area contributed by atoms with Crippen LogP contribution in [0.25, 0.3) is 0 Å². The van der Waals surface area contributed by atoms with Crippen LogP contribution in [0.4, 0.5) is 4.79 Å². The molecule has 0 amide bonds. The minimum atomic E-state index is -0.573. The van der Waals surface area contributed by atoms with Crippen LogP contribution >= 0.6 is 0 Å². The van der Waals surface area contributed by atoms with E-state index in [1.807, 2.05) is 0 Å². The van der Waals surface area contributed by atoms with E-state index in [4.69, 9.17) is 14.2 Å². The number of carbonyl (C=O) groups is 1. The maximum atomic E-state index is 10.7. The van der Waals surface area contributed by atoms with E-state index in [1.165, 1.54) is 38.5 Å². The van der Waals surface area contributed by atoms with Gasteiger partial charge in [0, 0.05) is 6.61 Å². The second-order valence-corrected chi connectivity index (χ2v) is 4.99. The molecule has 0 bridgehead atoms. The molecule has 4 nitrogen and oxygen atoms in total. The molecule has 2 atom stereocenters. The third-order valence-electron chi connectivity index (χ3n) is 3.22. The van der Waals surface area contributed by atoms with Crippen LogP contribution in [0.2, 0.25) is 0 Å². The molecule has 1 aliphatic heterocycles. The summed E-state index contributed by atoms with van der Waals surface area (Å²) in [6.45, 7) is 5.98. The monoisotopic (exact) mass is 258 g/mol. The van der Waals surface area contributed by atoms with E-state index in [0.29, 0.717) is 19.1 Å². The van der Waals surface area contributed by atoms with Crippen LogP contribution in [-0.2, 0) is 14.2 Å². The highest BCUT2D eigenvalue weighted by Crippen LogP contribution is 2.16. The van der Waals surface area contributed by atoms with Crippen LogP contribution in [0.1, 0.15) is 52.4 Å². The molecule has 0 radical (unpaired) electrons. The Balaban J connectivity index is 2.10. The van der Waals surface area contributed by atoms with Crippen molar-refractivity contribution in [3.63, 3.8) is 0 Å². The number of unbranched alkanes of at least 4 members (excludes halogenated alkanes) is 2. The molecule has 0 aliphatic carbocycles. The molecule has 1 rings (SSSR count). The van der Waals surface area contributed by atoms with Crippen molar-refractivity contribution in [3.8, 4) is 0 Å². The number of ether oxygens (including phenoxy) is 3. The highest BCUT2D eigenvalue weighted by molar-refractivity contribution is 5.61. The fourth-order valence-corrected chi connectivity index (χ4v) is 2.22. The zero-order valence-electron chi connectivity index (χ0n) is 11.7. The molecule has 1 heterocycles. The molecular formula is C14H26O4. The van der Waals surface area contributed by atoms with Crippen molar-refractivity contribution in [2.24, 2.45) is 5.92 Å². The van der Waals surface area contributed by atoms with Crippen molar-refractivity contribution < 1.29 is 19.0 Å². The van der Waals surface area contributed by atoms with Gasteiger partial charge in [0.05, 0.1) is 6.61 Å². The summed E-state index contributed by atoms with van der Waals surface area (Å²) in [5, 5.41) is 0. The van der Waals surface area contributed by atoms with Crippen molar-refractivity contribution in [2.75, 3.05) is 19.8 Å². The van der Waals surface area contributed by atoms with Gasteiger partial charge in [-0.1, -0.05) is 39.5 Å². The molecular weight excluding hydrogens is 232 g/mol. The Morgan fingerprint density at radius 1 is 1.28 bits per heavy atom. The summed E-state index contributed by atoms with van der Waals surface area (Å²) >= 11 is 0. The first-order chi connectivity index (χ1) is 8.76. The highest BCUT2D eigenvalue weighted by atomic mass is 16.8. The molecule has 0 aromatic rings. The number of hydrogen-bond acceptors (Lipinski definition) is 4. The topological polar surface area (TPSA) is 44.8 Å². The maximum Gasteiger partial charge on any atom is 0.508 e. The molecule has 0 N–H and O–H groups in total. The van der Waals surface area contributed by atoms with Gasteiger partial charge in [-0.05, 0) is 18.8 Å². The van der Waals surface area contributed by atoms with Gasteiger partial charge in [-0.15, -0.1) is 0 Å². The van der Waals surface area contributed by atoms with E-state index in [2.05, 4.69) is 13.8 Å². The molecule has 18 heavy (non-hydrogen) atoms. The van der Waals surface area contributed by atoms with Gasteiger partial charge in [-0.2, -0.15) is 0 Å². The van der Waals surface area contributed by atoms with Crippen LogP contribution < -0.4 is 0 Å². The Bertz CT molecular complexity index is 230. The van der Waals surface area contributed by atoms with E-state index in [-0.39, 0.29) is 6.10 Å². The fourth-order valence-electron chi connectivity index (χ4n) is 2.22. The molecule has 0 spiro atoms. The second-order valence-electron chi connectivity index (χ2n) is 4.99. The number of cyclic esters (lactones) is 2. The average Bonchev–Trinajstić information content (AvgIpc) is 2.75. The van der Waals surface area contributed by atoms with E-state index in [1.54, 1.807) is 0 Å². The van der Waals surface area contributed by atoms with Gasteiger partial charge in [0.25, 0.3) is 0 Å². The summed E-state index contributed by atoms with van der Waals surface area (Å²) in [4.78, 5) is 10.7. The first kappa shape index (κ1) is 15.3. The zero-order chi connectivity index (χ0) is 13.2. The van der Waals surface area contributed by atoms with Crippen LogP contribution in [0.3, 0.4) is 0 Å². The second kappa shape index (κ2) is 9.20. The van der Waals surface area contributed by atoms with Crippen molar-refractivity contribution in [2.45, 2.75) is 58.5 Å². The van der Waals surface area contributed by atoms with Crippen molar-refractivity contribution in [3.05, 3.63) is 0 Å². The van der Waals surface area contributed by atoms with Gasteiger partial charge < -0.3 is 14.2 Å². The van der Waals surface area contributed by atoms with Crippen LogP contribution in [0.5, 0.6) is 0 Å². The molecule has 1 fully saturated rings. The summed E-state index contributed by atoms with van der Waals surface area (Å²) < 4.78 is 15.3. The normalized spacial score (nSPS) is 20.6. The fraction of sp³-hybridized carbons (Fsp3) is 0.929. The first-order valence-electron chi connectivity index (χ1n) is 7.17. The first-order valence-corrected chi connectivity index (χ1v) is 7.17. The lowest BCUT2D eigenvalue weighted by atomic mass is 9.97. The summed E-state index contributed by atoms with van der Waals surface area (Å²) in [7, 11) is 0. The van der Waals surface area contributed by atoms with Gasteiger partial charge >= 0.3 is 6.16 Å². The Labute approximate surface area is 110 Å². The number of carbonyl (C=O) groups excluding carboxylic acids is 1. The molecule has 1 saturated heterocycles. The molecule has 0 saturated carbocycles. The smallest absolute Gasteiger partial charge is 0.430 e. The average molecular weight is 258 g/mol. The molecule has 1 aliphatic rings. The molecule has 0 aromatic heterocycles. The highest BCUT2D eigenvalue weighted by Gasteiger charge is 2.25. The van der Waals surface area contributed by atoms with Crippen molar-refractivity contribution >= 4 is 6.16 Å². The van der Waals surface area contributed by atoms with E-state index in [9.17, 15) is 4.79 Å². The quantitative estimate of drug-likeness (QED) is 0.444. The van der Waals surface area contributed by atoms with Crippen LogP contribution in [0.15, 0.2) is 0 Å². The van der Waals surface area contributed by atoms with E-state index >= 15 is 0 Å². The lowest BCUT2D eigenvalue weighted by Crippen LogP contribution is -2.21. The lowest BCUT2D eigenvalue weighted by molar-refractivity contribution is 0.0271. The van der Waals surface area contributed by atoms with Crippen LogP contribution in [-0.4, -0.2) is 32.1 Å². The van der Waals surface area contributed by atoms with Crippen molar-refractivity contribution in [1.82, 2.24) is 0 Å². The van der Waals surface area contributed by atoms with Gasteiger partial charge in [-0.3, -0.25) is 0 Å². The predicted molar refractivity (Wildman–Crippen MR) is 69.6 cm³/mol. The summed E-state index contributed by atoms with van der Waals surface area (Å²) in [5.74, 6) is 0.638. The van der Waals surface area contributed by atoms with Gasteiger partial charge in [0.15, 0.2) is 6.10 Å². The van der Waals surface area contributed by atoms with Gasteiger partial charge in [0.1, 0.15) is 6.61 Å². The third-order valence-corrected chi connectivity index (χ3v) is 3.22. The van der Waals surface area contributed by atoms with Crippen molar-refractivity contribution in [1.29, 1.82) is 0 Å². The number of rotatable bonds is 10. The van der Waals surface area contributed by atoms with Crippen LogP contribution in [0, 0.1) is 5.92 Å². The molecule has 106 valence electrons. The zero-order valence-corrected chi connectivity index (χ0v) is 11.7. The molecule has 0 aromatic carbocycles. The summed E-state index contributed by atoms with van der Waals surface area (Å²) in [6.07, 6.45) is 6.71. The minimum absolute atomic E-state index is 0.213. The van der Waals surface area contributed by atoms with E-state index in [0.717, 1.165) is 6.61 Å². The standard InChI is InChI=1S/C14H26O4/c1-3-5-6-8-12(7-4-2)9-16-10-13-11-17-14(15)18-13/h12-13H,3-11H2,1-2H3. The predicted octanol–water partition coefficient (Wildman–Crippen LogP) is 3.54. The Hall–Kier alpha value is -0.770. The molecule has 4 heteroatoms. The Morgan fingerprint density at radius 3 is 2.72 bits per heavy atom. The largest absolute Gasteiger partial charge is 0.508 e. The maximum absolute atomic E-state index is 10.7. The summed E-state index contributed by atoms with van der Waals surface area (Å²) in [5.41, 5.74) is 0. The summed E-state index contributed by atoms with van der Waals surface area (Å²) in [6, 6.07) is 0. The third kappa shape index (κ3) is 6.24. The lowest BCUT2D eigenvalue weighted by Gasteiger charge is -2.17. The number of hydrogen-bond donors (Lipinski definition) is 0. The SMILES string of the molecule is CCCCCC(CCC)COCC1COC(=O)O1. The Kier molecular flexibility index (Phi) is 7.81. The van der Waals surface area contributed by atoms with Gasteiger partial charge in [0.2, 0.25) is 0 Å². The van der Waals surface area contributed by atoms with E-state index < -0.39 is 6.16 Å². The molecule has 2 unspecified atom stereocenters. The Morgan fingerprint density at radius 2 is 2.11 bits per heavy atom. The van der Waals surface area contributed by atoms with Gasteiger partial charge in [-0.25, -0.2) is 4.79 Å².